The molecular formula is C27H38Cl2N4O5S. The second-order valence-corrected chi connectivity index (χ2v) is 11.9. The van der Waals surface area contributed by atoms with Gasteiger partial charge >= 0.3 is 6.03 Å². The van der Waals surface area contributed by atoms with Gasteiger partial charge in [-0.05, 0) is 36.8 Å². The van der Waals surface area contributed by atoms with Gasteiger partial charge in [-0.15, -0.1) is 0 Å². The molecule has 0 atom stereocenters. The lowest BCUT2D eigenvalue weighted by Crippen LogP contribution is -2.25. The number of phenols is 1. The Morgan fingerprint density at radius 3 is 1.97 bits per heavy atom. The molecule has 2 rings (SSSR count). The van der Waals surface area contributed by atoms with Crippen LogP contribution in [0.25, 0.3) is 0 Å². The summed E-state index contributed by atoms with van der Waals surface area (Å²) in [5.74, 6) is -0.819. The Labute approximate surface area is 241 Å². The summed E-state index contributed by atoms with van der Waals surface area (Å²) in [5.41, 5.74) is 0.141. The number of carbonyl (C=O) groups excluding carboxylic acids is 2. The van der Waals surface area contributed by atoms with Crippen LogP contribution in [0.1, 0.15) is 78.1 Å². The smallest absolute Gasteiger partial charge is 0.323 e. The van der Waals surface area contributed by atoms with Crippen LogP contribution in [0.2, 0.25) is 10.0 Å². The molecule has 0 bridgehead atoms. The first kappa shape index (κ1) is 32.7. The minimum Gasteiger partial charge on any atom is -0.504 e. The standard InChI is InChI=1S/C27H38Cl2N4O5S/c1-3-4-5-6-7-8-9-10-11-12-15-30-39(37,38)25-18-21(13-14-22(25)29)32-27(36)33-24-17-20(28)16-23(26(24)35)31-19(2)34/h13-14,16-18,30,35H,3-12,15H2,1-2H3,(H,31,34)(H2,32,33,36). The number of hydrogen-bond acceptors (Lipinski definition) is 5. The van der Waals surface area contributed by atoms with Crippen molar-refractivity contribution < 1.29 is 23.1 Å². The van der Waals surface area contributed by atoms with E-state index in [9.17, 15) is 23.1 Å². The van der Waals surface area contributed by atoms with Crippen LogP contribution in [0, 0.1) is 0 Å². The van der Waals surface area contributed by atoms with Crippen LogP contribution in [0.15, 0.2) is 35.2 Å². The molecule has 0 saturated carbocycles. The monoisotopic (exact) mass is 600 g/mol. The SMILES string of the molecule is CCCCCCCCCCCCNS(=O)(=O)c1cc(NC(=O)Nc2cc(Cl)cc(NC(C)=O)c2O)ccc1Cl. The van der Waals surface area contributed by atoms with Crippen LogP contribution < -0.4 is 20.7 Å². The fourth-order valence-corrected chi connectivity index (χ4v) is 5.76. The van der Waals surface area contributed by atoms with E-state index in [-0.39, 0.29) is 44.3 Å². The maximum absolute atomic E-state index is 12.8. The van der Waals surface area contributed by atoms with Crippen LogP contribution in [0.5, 0.6) is 5.75 Å². The summed E-state index contributed by atoms with van der Waals surface area (Å²) < 4.78 is 28.3. The van der Waals surface area contributed by atoms with Crippen molar-refractivity contribution in [1.82, 2.24) is 4.72 Å². The van der Waals surface area contributed by atoms with E-state index < -0.39 is 22.0 Å². The maximum Gasteiger partial charge on any atom is 0.323 e. The predicted octanol–water partition coefficient (Wildman–Crippen LogP) is 7.50. The van der Waals surface area contributed by atoms with Gasteiger partial charge in [0.25, 0.3) is 0 Å². The highest BCUT2D eigenvalue weighted by Gasteiger charge is 2.19. The molecule has 5 N–H and O–H groups in total. The Bertz CT molecular complexity index is 1220. The zero-order chi connectivity index (χ0) is 28.8. The van der Waals surface area contributed by atoms with Crippen molar-refractivity contribution in [2.45, 2.75) is 83.0 Å². The molecule has 2 aromatic carbocycles. The van der Waals surface area contributed by atoms with Gasteiger partial charge in [0.2, 0.25) is 15.9 Å². The van der Waals surface area contributed by atoms with Crippen molar-refractivity contribution in [3.63, 3.8) is 0 Å². The average molecular weight is 602 g/mol. The highest BCUT2D eigenvalue weighted by Crippen LogP contribution is 2.36. The third kappa shape index (κ3) is 11.6. The molecule has 0 aliphatic heterocycles. The van der Waals surface area contributed by atoms with Gasteiger partial charge in [-0.1, -0.05) is 87.9 Å². The number of phenolic OH excluding ortho intramolecular Hbond substituents is 1. The zero-order valence-electron chi connectivity index (χ0n) is 22.4. The van der Waals surface area contributed by atoms with E-state index in [0.717, 1.165) is 25.7 Å². The number of hydrogen-bond donors (Lipinski definition) is 5. The fourth-order valence-electron chi connectivity index (χ4n) is 3.95. The highest BCUT2D eigenvalue weighted by molar-refractivity contribution is 7.89. The molecule has 0 aromatic heterocycles. The van der Waals surface area contributed by atoms with Crippen molar-refractivity contribution >= 4 is 62.2 Å². The molecule has 3 amide bonds. The molecule has 0 heterocycles. The minimum atomic E-state index is -3.90. The summed E-state index contributed by atoms with van der Waals surface area (Å²) in [7, 11) is -3.90. The summed E-state index contributed by atoms with van der Waals surface area (Å²) in [6, 6.07) is 5.94. The van der Waals surface area contributed by atoms with Gasteiger partial charge < -0.3 is 21.1 Å². The molecule has 216 valence electrons. The fraction of sp³-hybridized carbons (Fsp3) is 0.481. The Kier molecular flexibility index (Phi) is 13.9. The lowest BCUT2D eigenvalue weighted by Gasteiger charge is -2.14. The van der Waals surface area contributed by atoms with Gasteiger partial charge in [0.05, 0.1) is 16.4 Å². The Morgan fingerprint density at radius 2 is 1.38 bits per heavy atom. The van der Waals surface area contributed by atoms with Crippen LogP contribution in [-0.2, 0) is 14.8 Å². The van der Waals surface area contributed by atoms with Gasteiger partial charge in [0.1, 0.15) is 4.90 Å². The van der Waals surface area contributed by atoms with E-state index in [0.29, 0.717) is 0 Å². The third-order valence-corrected chi connectivity index (χ3v) is 8.10. The Morgan fingerprint density at radius 1 is 0.821 bits per heavy atom. The summed E-state index contributed by atoms with van der Waals surface area (Å²) in [5, 5.41) is 17.9. The lowest BCUT2D eigenvalue weighted by atomic mass is 10.1. The summed E-state index contributed by atoms with van der Waals surface area (Å²) in [6.07, 6.45) is 11.5. The van der Waals surface area contributed by atoms with Gasteiger partial charge in [-0.2, -0.15) is 0 Å². The molecule has 0 aliphatic rings. The van der Waals surface area contributed by atoms with E-state index in [1.54, 1.807) is 0 Å². The van der Waals surface area contributed by atoms with E-state index >= 15 is 0 Å². The average Bonchev–Trinajstić information content (AvgIpc) is 2.86. The summed E-state index contributed by atoms with van der Waals surface area (Å²) in [4.78, 5) is 23.7. The predicted molar refractivity (Wildman–Crippen MR) is 159 cm³/mol. The first-order valence-electron chi connectivity index (χ1n) is 13.2. The van der Waals surface area contributed by atoms with E-state index in [4.69, 9.17) is 23.2 Å². The molecule has 0 unspecified atom stereocenters. The first-order valence-corrected chi connectivity index (χ1v) is 15.4. The number of anilines is 3. The number of benzene rings is 2. The van der Waals surface area contributed by atoms with E-state index in [1.807, 2.05) is 0 Å². The zero-order valence-corrected chi connectivity index (χ0v) is 24.7. The molecule has 0 spiro atoms. The second kappa shape index (κ2) is 16.5. The van der Waals surface area contributed by atoms with Gasteiger partial charge in [0.15, 0.2) is 5.75 Å². The number of urea groups is 1. The quantitative estimate of drug-likeness (QED) is 0.100. The second-order valence-electron chi connectivity index (χ2n) is 9.33. The molecule has 39 heavy (non-hydrogen) atoms. The molecule has 9 nitrogen and oxygen atoms in total. The number of amides is 3. The molecule has 0 aliphatic carbocycles. The number of nitrogens with one attached hydrogen (secondary N) is 4. The number of sulfonamides is 1. The molecule has 0 radical (unpaired) electrons. The van der Waals surface area contributed by atoms with E-state index in [2.05, 4.69) is 27.6 Å². The van der Waals surface area contributed by atoms with Crippen LogP contribution in [0.3, 0.4) is 0 Å². The van der Waals surface area contributed by atoms with Crippen molar-refractivity contribution in [1.29, 1.82) is 0 Å². The summed E-state index contributed by atoms with van der Waals surface area (Å²) >= 11 is 12.2. The third-order valence-electron chi connectivity index (χ3n) is 5.93. The van der Waals surface area contributed by atoms with Crippen LogP contribution in [0.4, 0.5) is 21.9 Å². The lowest BCUT2D eigenvalue weighted by molar-refractivity contribution is -0.114. The number of carbonyl (C=O) groups is 2. The number of unbranched alkanes of at least 4 members (excludes halogenated alkanes) is 9. The minimum absolute atomic E-state index is 0.0176. The normalized spacial score (nSPS) is 11.3. The molecule has 0 saturated heterocycles. The molecule has 12 heteroatoms. The van der Waals surface area contributed by atoms with Crippen molar-refractivity contribution in [2.24, 2.45) is 0 Å². The number of aromatic hydroxyl groups is 1. The van der Waals surface area contributed by atoms with Gasteiger partial charge in [-0.25, -0.2) is 17.9 Å². The van der Waals surface area contributed by atoms with E-state index in [1.165, 1.54) is 75.8 Å². The molecule has 2 aromatic rings. The Hall–Kier alpha value is -2.53. The molecular weight excluding hydrogens is 563 g/mol. The maximum atomic E-state index is 12.8. The largest absolute Gasteiger partial charge is 0.504 e. The number of rotatable bonds is 16. The highest BCUT2D eigenvalue weighted by atomic mass is 35.5. The summed E-state index contributed by atoms with van der Waals surface area (Å²) in [6.45, 7) is 3.76. The van der Waals surface area contributed by atoms with Crippen LogP contribution >= 0.6 is 23.2 Å². The Balaban J connectivity index is 1.90. The van der Waals surface area contributed by atoms with Crippen molar-refractivity contribution in [2.75, 3.05) is 22.5 Å². The van der Waals surface area contributed by atoms with Crippen molar-refractivity contribution in [3.05, 3.63) is 40.4 Å². The van der Waals surface area contributed by atoms with Crippen LogP contribution in [-0.4, -0.2) is 32.0 Å². The van der Waals surface area contributed by atoms with Crippen molar-refractivity contribution in [3.8, 4) is 5.75 Å². The topological polar surface area (TPSA) is 137 Å². The number of halogens is 2. The van der Waals surface area contributed by atoms with Gasteiger partial charge in [0, 0.05) is 24.2 Å². The first-order chi connectivity index (χ1) is 18.5. The molecule has 0 fully saturated rings. The van der Waals surface area contributed by atoms with Gasteiger partial charge in [-0.3, -0.25) is 4.79 Å².